The van der Waals surface area contributed by atoms with Gasteiger partial charge in [-0.05, 0) is 25.5 Å². The summed E-state index contributed by atoms with van der Waals surface area (Å²) in [6.45, 7) is 1.16. The lowest BCUT2D eigenvalue weighted by Gasteiger charge is -2.27. The monoisotopic (exact) mass is 211 g/mol. The smallest absolute Gasteiger partial charge is 0.157 e. The fourth-order valence-corrected chi connectivity index (χ4v) is 3.12. The Bertz CT molecular complexity index is 262. The van der Waals surface area contributed by atoms with Crippen LogP contribution in [0.5, 0.6) is 0 Å². The molecule has 1 fully saturated rings. The Labute approximate surface area is 89.7 Å². The molecule has 1 saturated heterocycles. The molecule has 14 heavy (non-hydrogen) atoms. The summed E-state index contributed by atoms with van der Waals surface area (Å²) in [4.78, 5) is 13.6. The van der Waals surface area contributed by atoms with Gasteiger partial charge in [-0.25, -0.2) is 0 Å². The van der Waals surface area contributed by atoms with E-state index < -0.39 is 0 Å². The second-order valence-electron chi connectivity index (χ2n) is 4.05. The van der Waals surface area contributed by atoms with Gasteiger partial charge in [0.05, 0.1) is 0 Å². The number of hydrogen-bond acceptors (Lipinski definition) is 3. The molecule has 1 aliphatic carbocycles. The predicted octanol–water partition coefficient (Wildman–Crippen LogP) is 2.06. The number of hydrogen-bond donors (Lipinski definition) is 0. The minimum absolute atomic E-state index is 0.315. The summed E-state index contributed by atoms with van der Waals surface area (Å²) in [6.07, 6.45) is 8.31. The minimum Gasteiger partial charge on any atom is -0.371 e. The van der Waals surface area contributed by atoms with Gasteiger partial charge in [-0.15, -0.1) is 0 Å². The van der Waals surface area contributed by atoms with Crippen LogP contribution in [0.2, 0.25) is 0 Å². The van der Waals surface area contributed by atoms with Gasteiger partial charge in [0.2, 0.25) is 0 Å². The molecule has 2 rings (SSSR count). The van der Waals surface area contributed by atoms with Gasteiger partial charge in [-0.2, -0.15) is 11.8 Å². The van der Waals surface area contributed by atoms with Gasteiger partial charge < -0.3 is 4.90 Å². The van der Waals surface area contributed by atoms with E-state index in [1.807, 2.05) is 17.8 Å². The Morgan fingerprint density at radius 3 is 3.07 bits per heavy atom. The summed E-state index contributed by atoms with van der Waals surface area (Å²) >= 11 is 1.91. The third-order valence-electron chi connectivity index (χ3n) is 3.06. The van der Waals surface area contributed by atoms with Crippen LogP contribution in [0.4, 0.5) is 0 Å². The van der Waals surface area contributed by atoms with Crippen LogP contribution in [0.3, 0.4) is 0 Å². The van der Waals surface area contributed by atoms with Crippen molar-refractivity contribution < 1.29 is 4.79 Å². The Kier molecular flexibility index (Phi) is 3.16. The quantitative estimate of drug-likeness (QED) is 0.712. The highest BCUT2D eigenvalue weighted by molar-refractivity contribution is 7.98. The van der Waals surface area contributed by atoms with Crippen molar-refractivity contribution in [2.45, 2.75) is 31.7 Å². The molecule has 1 aliphatic heterocycles. The zero-order valence-corrected chi connectivity index (χ0v) is 9.48. The first-order valence-electron chi connectivity index (χ1n) is 5.30. The number of carbonyl (C=O) groups excluding carboxylic acids is 1. The number of rotatable bonds is 3. The Hall–Kier alpha value is -0.440. The largest absolute Gasteiger partial charge is 0.371 e. The number of ketones is 1. The zero-order chi connectivity index (χ0) is 9.97. The van der Waals surface area contributed by atoms with E-state index in [2.05, 4.69) is 11.2 Å². The molecule has 0 aromatic heterocycles. The molecule has 2 aliphatic rings. The molecular formula is C11H17NOS. The van der Waals surface area contributed by atoms with Crippen molar-refractivity contribution in [1.82, 2.24) is 4.90 Å². The van der Waals surface area contributed by atoms with Crippen molar-refractivity contribution in [3.8, 4) is 0 Å². The molecule has 2 nitrogen and oxygen atoms in total. The van der Waals surface area contributed by atoms with Gasteiger partial charge >= 0.3 is 0 Å². The first-order chi connectivity index (χ1) is 6.81. The molecule has 1 unspecified atom stereocenters. The lowest BCUT2D eigenvalue weighted by atomic mass is 10.2. The van der Waals surface area contributed by atoms with E-state index in [1.165, 1.54) is 24.3 Å². The van der Waals surface area contributed by atoms with Crippen molar-refractivity contribution in [2.24, 2.45) is 0 Å². The fraction of sp³-hybridized carbons (Fsp3) is 0.727. The van der Waals surface area contributed by atoms with Gasteiger partial charge in [-0.3, -0.25) is 4.79 Å². The van der Waals surface area contributed by atoms with Crippen LogP contribution < -0.4 is 0 Å². The summed E-state index contributed by atoms with van der Waals surface area (Å²) < 4.78 is 0. The van der Waals surface area contributed by atoms with Crippen LogP contribution in [0.25, 0.3) is 0 Å². The minimum atomic E-state index is 0.315. The van der Waals surface area contributed by atoms with E-state index in [1.54, 1.807) is 0 Å². The average molecular weight is 211 g/mol. The van der Waals surface area contributed by atoms with E-state index in [-0.39, 0.29) is 0 Å². The summed E-state index contributed by atoms with van der Waals surface area (Å²) in [6, 6.07) is 0.683. The van der Waals surface area contributed by atoms with Gasteiger partial charge in [-0.1, -0.05) is 0 Å². The van der Waals surface area contributed by atoms with Gasteiger partial charge in [0.1, 0.15) is 0 Å². The van der Waals surface area contributed by atoms with E-state index >= 15 is 0 Å². The standard InChI is InChI=1S/C11H17NOS/c1-14-8-10-3-2-6-12(10)9-4-5-11(13)7-9/h7,10H,2-6,8H2,1H3. The van der Waals surface area contributed by atoms with Gasteiger partial charge in [0, 0.05) is 36.5 Å². The van der Waals surface area contributed by atoms with Crippen LogP contribution in [-0.2, 0) is 4.79 Å². The topological polar surface area (TPSA) is 20.3 Å². The number of likely N-dealkylation sites (tertiary alicyclic amines) is 1. The normalized spacial score (nSPS) is 27.2. The molecule has 1 heterocycles. The van der Waals surface area contributed by atoms with Crippen LogP contribution in [0, 0.1) is 0 Å². The highest BCUT2D eigenvalue weighted by atomic mass is 32.2. The second kappa shape index (κ2) is 4.39. The Morgan fingerprint density at radius 2 is 2.43 bits per heavy atom. The Balaban J connectivity index is 2.02. The molecule has 0 aromatic carbocycles. The Morgan fingerprint density at radius 1 is 1.57 bits per heavy atom. The number of nitrogens with zero attached hydrogens (tertiary/aromatic N) is 1. The van der Waals surface area contributed by atoms with Crippen molar-refractivity contribution in [1.29, 1.82) is 0 Å². The highest BCUT2D eigenvalue weighted by Gasteiger charge is 2.28. The van der Waals surface area contributed by atoms with E-state index in [0.717, 1.165) is 19.4 Å². The van der Waals surface area contributed by atoms with Crippen LogP contribution in [0.15, 0.2) is 11.8 Å². The molecule has 78 valence electrons. The molecule has 0 radical (unpaired) electrons. The number of carbonyl (C=O) groups is 1. The number of thioether (sulfide) groups is 1. The average Bonchev–Trinajstić information content (AvgIpc) is 2.74. The van der Waals surface area contributed by atoms with E-state index in [9.17, 15) is 4.79 Å². The maximum absolute atomic E-state index is 11.2. The lowest BCUT2D eigenvalue weighted by Crippen LogP contribution is -2.29. The maximum Gasteiger partial charge on any atom is 0.157 e. The SMILES string of the molecule is CSCC1CCCN1C1=CC(=O)CC1. The third-order valence-corrected chi connectivity index (χ3v) is 3.78. The first-order valence-corrected chi connectivity index (χ1v) is 6.69. The van der Waals surface area contributed by atoms with Crippen molar-refractivity contribution in [2.75, 3.05) is 18.6 Å². The molecule has 1 atom stereocenters. The summed E-state index contributed by atoms with van der Waals surface area (Å²) in [5.41, 5.74) is 1.30. The molecular weight excluding hydrogens is 194 g/mol. The molecule has 0 spiro atoms. The van der Waals surface area contributed by atoms with Crippen molar-refractivity contribution >= 4 is 17.5 Å². The third kappa shape index (κ3) is 1.97. The predicted molar refractivity (Wildman–Crippen MR) is 60.4 cm³/mol. The number of allylic oxidation sites excluding steroid dienone is 2. The zero-order valence-electron chi connectivity index (χ0n) is 8.66. The van der Waals surface area contributed by atoms with E-state index in [4.69, 9.17) is 0 Å². The van der Waals surface area contributed by atoms with Gasteiger partial charge in [0.15, 0.2) is 5.78 Å². The molecule has 0 aromatic rings. The van der Waals surface area contributed by atoms with Crippen LogP contribution in [0.1, 0.15) is 25.7 Å². The second-order valence-corrected chi connectivity index (χ2v) is 4.96. The van der Waals surface area contributed by atoms with E-state index in [0.29, 0.717) is 11.8 Å². The fourth-order valence-electron chi connectivity index (χ4n) is 2.39. The van der Waals surface area contributed by atoms with Crippen molar-refractivity contribution in [3.63, 3.8) is 0 Å². The van der Waals surface area contributed by atoms with Gasteiger partial charge in [0.25, 0.3) is 0 Å². The van der Waals surface area contributed by atoms with Crippen LogP contribution in [-0.4, -0.2) is 35.3 Å². The summed E-state index contributed by atoms with van der Waals surface area (Å²) in [7, 11) is 0. The maximum atomic E-state index is 11.2. The molecule has 0 bridgehead atoms. The van der Waals surface area contributed by atoms with Crippen molar-refractivity contribution in [3.05, 3.63) is 11.8 Å². The molecule has 0 saturated carbocycles. The molecule has 0 amide bonds. The first kappa shape index (κ1) is 10.1. The molecule has 3 heteroatoms. The summed E-state index contributed by atoms with van der Waals surface area (Å²) in [5, 5.41) is 0. The summed E-state index contributed by atoms with van der Waals surface area (Å²) in [5.74, 6) is 1.51. The lowest BCUT2D eigenvalue weighted by molar-refractivity contribution is -0.114. The highest BCUT2D eigenvalue weighted by Crippen LogP contribution is 2.29. The van der Waals surface area contributed by atoms with Crippen LogP contribution >= 0.6 is 11.8 Å². The molecule has 0 N–H and O–H groups in total.